The van der Waals surface area contributed by atoms with Gasteiger partial charge >= 0.3 is 0 Å². The first-order chi connectivity index (χ1) is 18.1. The number of aromatic nitrogens is 2. The molecule has 1 aromatic carbocycles. The number of phenolic OH excluding ortho intramolecular Hbond substituents is 1. The first-order valence-electron chi connectivity index (χ1n) is 13.1. The first-order valence-corrected chi connectivity index (χ1v) is 14.0. The Hall–Kier alpha value is -3.01. The monoisotopic (exact) mass is 521 g/mol. The number of amides is 1. The summed E-state index contributed by atoms with van der Waals surface area (Å²) < 4.78 is 6.67. The summed E-state index contributed by atoms with van der Waals surface area (Å²) >= 11 is 1.76. The summed E-state index contributed by atoms with van der Waals surface area (Å²) in [7, 11) is 0. The molecule has 0 aliphatic carbocycles. The van der Waals surface area contributed by atoms with Crippen LogP contribution >= 0.6 is 11.3 Å². The number of carbonyl (C=O) groups is 1. The molecule has 8 nitrogen and oxygen atoms in total. The zero-order valence-electron chi connectivity index (χ0n) is 21.4. The molecule has 1 amide bonds. The van der Waals surface area contributed by atoms with E-state index in [0.717, 1.165) is 80.3 Å². The number of allylic oxidation sites excluding steroid dienone is 2. The predicted octanol–water partition coefficient (Wildman–Crippen LogP) is 4.29. The molecule has 0 radical (unpaired) electrons. The number of fused-ring (bicyclic) bond motifs is 1. The van der Waals surface area contributed by atoms with Crippen LogP contribution < -0.4 is 4.90 Å². The molecule has 3 aromatic rings. The Morgan fingerprint density at radius 3 is 2.68 bits per heavy atom. The van der Waals surface area contributed by atoms with Gasteiger partial charge in [0, 0.05) is 62.7 Å². The standard InChI is InChI=1S/C28H35N5O3S/c1-2-3-4-5-9-25(35)32-12-10-31(11-13-32)20-23-19-24-26(37-23)28(33-14-16-36-17-15-33)30-27(29-24)21-7-6-8-22(34)18-21/h2-3,6-8,18-19,34H,4-5,9-17,20H2,1H3. The van der Waals surface area contributed by atoms with Gasteiger partial charge in [0.25, 0.3) is 0 Å². The normalized spacial score (nSPS) is 17.2. The molecule has 1 N–H and O–H groups in total. The van der Waals surface area contributed by atoms with Gasteiger partial charge in [-0.05, 0) is 38.0 Å². The Kier molecular flexibility index (Phi) is 8.33. The average molecular weight is 522 g/mol. The molecule has 2 aromatic heterocycles. The molecule has 0 unspecified atom stereocenters. The van der Waals surface area contributed by atoms with E-state index >= 15 is 0 Å². The summed E-state index contributed by atoms with van der Waals surface area (Å²) in [6, 6.07) is 9.29. The molecule has 4 heterocycles. The van der Waals surface area contributed by atoms with Crippen molar-refractivity contribution in [2.75, 3.05) is 57.4 Å². The minimum atomic E-state index is 0.204. The Balaban J connectivity index is 1.31. The Labute approximate surface area is 222 Å². The second-order valence-electron chi connectivity index (χ2n) is 9.57. The molecule has 2 aliphatic rings. The SMILES string of the molecule is CC=CCCCC(=O)N1CCN(Cc2cc3nc(-c4cccc(O)c4)nc(N4CCOCC4)c3s2)CC1. The van der Waals surface area contributed by atoms with E-state index in [0.29, 0.717) is 25.5 Å². The molecule has 0 atom stereocenters. The van der Waals surface area contributed by atoms with Crippen LogP contribution in [0, 0.1) is 0 Å². The first kappa shape index (κ1) is 25.6. The number of unbranched alkanes of at least 4 members (excludes halogenated alkanes) is 1. The van der Waals surface area contributed by atoms with E-state index < -0.39 is 0 Å². The molecule has 37 heavy (non-hydrogen) atoms. The number of morpholine rings is 1. The van der Waals surface area contributed by atoms with E-state index in [2.05, 4.69) is 21.9 Å². The highest BCUT2D eigenvalue weighted by atomic mass is 32.1. The fraction of sp³-hybridized carbons (Fsp3) is 0.464. The van der Waals surface area contributed by atoms with Gasteiger partial charge in [0.15, 0.2) is 11.6 Å². The zero-order valence-corrected chi connectivity index (χ0v) is 22.3. The number of nitrogens with zero attached hydrogens (tertiary/aromatic N) is 5. The third-order valence-corrected chi connectivity index (χ3v) is 8.03. The van der Waals surface area contributed by atoms with Crippen molar-refractivity contribution >= 4 is 33.3 Å². The molecular formula is C28H35N5O3S. The van der Waals surface area contributed by atoms with E-state index in [1.165, 1.54) is 4.88 Å². The van der Waals surface area contributed by atoms with E-state index in [1.54, 1.807) is 23.5 Å². The van der Waals surface area contributed by atoms with Crippen molar-refractivity contribution in [2.24, 2.45) is 0 Å². The molecule has 196 valence electrons. The molecule has 0 spiro atoms. The number of aromatic hydroxyl groups is 1. The van der Waals surface area contributed by atoms with Crippen LogP contribution in [0.25, 0.3) is 21.6 Å². The lowest BCUT2D eigenvalue weighted by Gasteiger charge is -2.34. The zero-order chi connectivity index (χ0) is 25.6. The number of anilines is 1. The summed E-state index contributed by atoms with van der Waals surface area (Å²) in [6.45, 7) is 9.15. The lowest BCUT2D eigenvalue weighted by Crippen LogP contribution is -2.48. The number of phenols is 1. The number of hydrogen-bond donors (Lipinski definition) is 1. The second kappa shape index (κ2) is 12.0. The van der Waals surface area contributed by atoms with Gasteiger partial charge in [-0.25, -0.2) is 9.97 Å². The number of thiophene rings is 1. The van der Waals surface area contributed by atoms with Crippen molar-refractivity contribution in [3.05, 3.63) is 47.4 Å². The van der Waals surface area contributed by atoms with Crippen molar-refractivity contribution in [2.45, 2.75) is 32.7 Å². The number of carbonyl (C=O) groups excluding carboxylic acids is 1. The summed E-state index contributed by atoms with van der Waals surface area (Å²) in [5, 5.41) is 10.00. The number of rotatable bonds is 8. The molecule has 0 saturated carbocycles. The molecule has 2 saturated heterocycles. The lowest BCUT2D eigenvalue weighted by molar-refractivity contribution is -0.133. The van der Waals surface area contributed by atoms with Gasteiger partial charge in [-0.1, -0.05) is 24.3 Å². The molecule has 2 fully saturated rings. The van der Waals surface area contributed by atoms with E-state index in [9.17, 15) is 9.90 Å². The Bertz CT molecular complexity index is 1250. The van der Waals surface area contributed by atoms with Crippen molar-refractivity contribution in [1.29, 1.82) is 0 Å². The number of hydrogen-bond acceptors (Lipinski definition) is 8. The van der Waals surface area contributed by atoms with E-state index in [-0.39, 0.29) is 11.7 Å². The summed E-state index contributed by atoms with van der Waals surface area (Å²) in [6.07, 6.45) is 6.68. The van der Waals surface area contributed by atoms with Crippen LogP contribution in [0.2, 0.25) is 0 Å². The topological polar surface area (TPSA) is 82.0 Å². The molecule has 5 rings (SSSR count). The molecule has 9 heteroatoms. The summed E-state index contributed by atoms with van der Waals surface area (Å²) in [4.78, 5) is 30.4. The third kappa shape index (κ3) is 6.29. The summed E-state index contributed by atoms with van der Waals surface area (Å²) in [5.41, 5.74) is 1.74. The maximum absolute atomic E-state index is 12.5. The van der Waals surface area contributed by atoms with Crippen LogP contribution in [0.4, 0.5) is 5.82 Å². The maximum Gasteiger partial charge on any atom is 0.222 e. The minimum Gasteiger partial charge on any atom is -0.508 e. The van der Waals surface area contributed by atoms with Crippen molar-refractivity contribution in [3.63, 3.8) is 0 Å². The second-order valence-corrected chi connectivity index (χ2v) is 10.7. The Morgan fingerprint density at radius 1 is 1.11 bits per heavy atom. The van der Waals surface area contributed by atoms with Crippen LogP contribution in [-0.4, -0.2) is 83.3 Å². The van der Waals surface area contributed by atoms with Crippen molar-refractivity contribution < 1.29 is 14.6 Å². The van der Waals surface area contributed by atoms with Gasteiger partial charge in [-0.15, -0.1) is 11.3 Å². The van der Waals surface area contributed by atoms with Crippen LogP contribution in [-0.2, 0) is 16.1 Å². The number of benzene rings is 1. The van der Waals surface area contributed by atoms with Gasteiger partial charge in [0.05, 0.1) is 23.4 Å². The molecule has 2 aliphatic heterocycles. The Morgan fingerprint density at radius 2 is 1.92 bits per heavy atom. The highest BCUT2D eigenvalue weighted by Crippen LogP contribution is 2.35. The number of piperazine rings is 1. The molecule has 0 bridgehead atoms. The van der Waals surface area contributed by atoms with Crippen LogP contribution in [0.3, 0.4) is 0 Å². The minimum absolute atomic E-state index is 0.204. The highest BCUT2D eigenvalue weighted by Gasteiger charge is 2.23. The van der Waals surface area contributed by atoms with Gasteiger partial charge in [0.2, 0.25) is 5.91 Å². The van der Waals surface area contributed by atoms with Gasteiger partial charge in [-0.3, -0.25) is 9.69 Å². The quantitative estimate of drug-likeness (QED) is 0.350. The fourth-order valence-electron chi connectivity index (χ4n) is 4.88. The largest absolute Gasteiger partial charge is 0.508 e. The van der Waals surface area contributed by atoms with Crippen molar-refractivity contribution in [3.8, 4) is 17.1 Å². The van der Waals surface area contributed by atoms with Gasteiger partial charge < -0.3 is 19.6 Å². The smallest absolute Gasteiger partial charge is 0.222 e. The maximum atomic E-state index is 12.5. The highest BCUT2D eigenvalue weighted by molar-refractivity contribution is 7.19. The number of ether oxygens (including phenoxy) is 1. The van der Waals surface area contributed by atoms with Gasteiger partial charge in [-0.2, -0.15) is 0 Å². The van der Waals surface area contributed by atoms with Crippen LogP contribution in [0.15, 0.2) is 42.5 Å². The summed E-state index contributed by atoms with van der Waals surface area (Å²) in [5.74, 6) is 2.04. The van der Waals surface area contributed by atoms with E-state index in [4.69, 9.17) is 14.7 Å². The lowest BCUT2D eigenvalue weighted by atomic mass is 10.2. The average Bonchev–Trinajstić information content (AvgIpc) is 3.33. The predicted molar refractivity (Wildman–Crippen MR) is 148 cm³/mol. The molecular weight excluding hydrogens is 486 g/mol. The van der Waals surface area contributed by atoms with Gasteiger partial charge in [0.1, 0.15) is 5.75 Å². The fourth-order valence-corrected chi connectivity index (χ4v) is 6.03. The third-order valence-electron chi connectivity index (χ3n) is 6.92. The van der Waals surface area contributed by atoms with Crippen LogP contribution in [0.5, 0.6) is 5.75 Å². The van der Waals surface area contributed by atoms with Crippen LogP contribution in [0.1, 0.15) is 31.1 Å². The van der Waals surface area contributed by atoms with Crippen molar-refractivity contribution in [1.82, 2.24) is 19.8 Å². The van der Waals surface area contributed by atoms with E-state index in [1.807, 2.05) is 30.0 Å².